The Morgan fingerprint density at radius 1 is 0.606 bits per heavy atom. The molecule has 0 aliphatic carbocycles. The number of benzene rings is 4. The lowest BCUT2D eigenvalue weighted by atomic mass is 10.2. The Morgan fingerprint density at radius 3 is 1.64 bits per heavy atom. The van der Waals surface area contributed by atoms with Crippen LogP contribution in [-0.2, 0) is 6.54 Å². The topological polar surface area (TPSA) is 4.93 Å². The minimum absolute atomic E-state index is 0. The second-order valence-electron chi connectivity index (χ2n) is 8.08. The summed E-state index contributed by atoms with van der Waals surface area (Å²) in [6.45, 7) is 0.862. The smallest absolute Gasteiger partial charge is 0.132 e. The molecule has 5 aromatic rings. The largest absolute Gasteiger partial charge is 1.00 e. The van der Waals surface area contributed by atoms with E-state index in [0.29, 0.717) is 5.39 Å². The monoisotopic (exact) mass is 565 g/mol. The Morgan fingerprint density at radius 2 is 1.12 bits per heavy atom. The van der Waals surface area contributed by atoms with Crippen molar-refractivity contribution in [3.63, 3.8) is 0 Å². The summed E-state index contributed by atoms with van der Waals surface area (Å²) in [5.41, 5.74) is 0.966. The minimum Gasteiger partial charge on any atom is -1.00 e. The lowest BCUT2D eigenvalue weighted by molar-refractivity contribution is -0.00000674. The van der Waals surface area contributed by atoms with Gasteiger partial charge in [0.15, 0.2) is 0 Å². The Bertz CT molecular complexity index is 1210. The van der Waals surface area contributed by atoms with E-state index < -0.39 is 7.26 Å². The van der Waals surface area contributed by atoms with Crippen LogP contribution in [-0.4, -0.2) is 10.7 Å². The average Bonchev–Trinajstić information content (AvgIpc) is 3.28. The van der Waals surface area contributed by atoms with Crippen LogP contribution in [0.5, 0.6) is 0 Å². The van der Waals surface area contributed by atoms with Crippen molar-refractivity contribution < 1.29 is 28.4 Å². The molecule has 0 aliphatic rings. The van der Waals surface area contributed by atoms with Crippen LogP contribution in [0, 0.1) is 5.82 Å². The number of nitrogens with zero attached hydrogens (tertiary/aromatic N) is 1. The zero-order chi connectivity index (χ0) is 21.8. The summed E-state index contributed by atoms with van der Waals surface area (Å²) in [5, 5.41) is 4.91. The van der Waals surface area contributed by atoms with E-state index in [1.807, 2.05) is 18.3 Å². The van der Waals surface area contributed by atoms with Crippen molar-refractivity contribution in [2.24, 2.45) is 0 Å². The van der Waals surface area contributed by atoms with Crippen LogP contribution in [0.25, 0.3) is 10.9 Å². The molecule has 33 heavy (non-hydrogen) atoms. The van der Waals surface area contributed by atoms with Crippen molar-refractivity contribution >= 4 is 34.1 Å². The fourth-order valence-electron chi connectivity index (χ4n) is 4.74. The van der Waals surface area contributed by atoms with Crippen molar-refractivity contribution in [2.75, 3.05) is 6.16 Å². The molecule has 0 saturated carbocycles. The van der Waals surface area contributed by atoms with Gasteiger partial charge in [-0.3, -0.25) is 0 Å². The summed E-state index contributed by atoms with van der Waals surface area (Å²) in [4.78, 5) is 0. The number of aryl methyl sites for hydroxylation is 1. The molecule has 0 radical (unpaired) electrons. The molecular formula is C29H26FINP. The number of rotatable bonds is 7. The third kappa shape index (κ3) is 4.62. The fraction of sp³-hybridized carbons (Fsp3) is 0.103. The van der Waals surface area contributed by atoms with Crippen LogP contribution < -0.4 is 39.9 Å². The van der Waals surface area contributed by atoms with Crippen molar-refractivity contribution in [1.82, 2.24) is 4.57 Å². The molecular weight excluding hydrogens is 539 g/mol. The molecule has 0 N–H and O–H groups in total. The van der Waals surface area contributed by atoms with Crippen LogP contribution in [0.4, 0.5) is 4.39 Å². The molecule has 166 valence electrons. The van der Waals surface area contributed by atoms with Crippen molar-refractivity contribution in [3.8, 4) is 0 Å². The van der Waals surface area contributed by atoms with E-state index in [1.165, 1.54) is 22.0 Å². The predicted molar refractivity (Wildman–Crippen MR) is 137 cm³/mol. The number of hydrogen-bond donors (Lipinski definition) is 0. The lowest BCUT2D eigenvalue weighted by Gasteiger charge is -2.28. The van der Waals surface area contributed by atoms with E-state index in [1.54, 1.807) is 6.07 Å². The molecule has 0 fully saturated rings. The summed E-state index contributed by atoms with van der Waals surface area (Å²) in [6, 6.07) is 40.1. The summed E-state index contributed by atoms with van der Waals surface area (Å²) >= 11 is 0. The zero-order valence-corrected chi connectivity index (χ0v) is 21.4. The van der Waals surface area contributed by atoms with E-state index in [9.17, 15) is 4.39 Å². The Hall–Kier alpha value is -2.49. The van der Waals surface area contributed by atoms with Gasteiger partial charge in [-0.15, -0.1) is 0 Å². The highest BCUT2D eigenvalue weighted by atomic mass is 127. The molecule has 0 bridgehead atoms. The highest BCUT2D eigenvalue weighted by Crippen LogP contribution is 2.55. The minimum atomic E-state index is -1.83. The highest BCUT2D eigenvalue weighted by molar-refractivity contribution is 7.95. The van der Waals surface area contributed by atoms with Crippen LogP contribution in [0.2, 0.25) is 0 Å². The molecule has 1 heterocycles. The molecule has 0 unspecified atom stereocenters. The van der Waals surface area contributed by atoms with Crippen molar-refractivity contribution in [3.05, 3.63) is 127 Å². The van der Waals surface area contributed by atoms with Gasteiger partial charge in [0, 0.05) is 24.5 Å². The van der Waals surface area contributed by atoms with Gasteiger partial charge in [0.2, 0.25) is 0 Å². The maximum Gasteiger partial charge on any atom is 0.132 e. The normalized spacial score (nSPS) is 11.3. The first-order valence-corrected chi connectivity index (χ1v) is 13.0. The van der Waals surface area contributed by atoms with Gasteiger partial charge >= 0.3 is 0 Å². The van der Waals surface area contributed by atoms with Gasteiger partial charge in [0.1, 0.15) is 29.0 Å². The maximum absolute atomic E-state index is 14.2. The molecule has 5 rings (SSSR count). The molecule has 0 amide bonds. The molecule has 0 aliphatic heterocycles. The second kappa shape index (κ2) is 10.6. The summed E-state index contributed by atoms with van der Waals surface area (Å²) in [6.07, 6.45) is 4.08. The van der Waals surface area contributed by atoms with E-state index in [-0.39, 0.29) is 29.8 Å². The molecule has 4 aromatic carbocycles. The van der Waals surface area contributed by atoms with E-state index in [0.717, 1.165) is 24.6 Å². The van der Waals surface area contributed by atoms with Gasteiger partial charge in [-0.25, -0.2) is 4.39 Å². The molecule has 0 spiro atoms. The molecule has 1 aromatic heterocycles. The Kier molecular flexibility index (Phi) is 7.62. The van der Waals surface area contributed by atoms with Crippen LogP contribution in [0.3, 0.4) is 0 Å². The summed E-state index contributed by atoms with van der Waals surface area (Å²) in [5.74, 6) is -0.152. The van der Waals surface area contributed by atoms with Crippen molar-refractivity contribution in [2.45, 2.75) is 13.0 Å². The first kappa shape index (κ1) is 23.7. The summed E-state index contributed by atoms with van der Waals surface area (Å²) < 4.78 is 16.4. The molecule has 1 nitrogen and oxygen atoms in total. The SMILES string of the molecule is Fc1cccc2c1ccn2CCC[P+](c1ccccc1)(c1ccccc1)c1ccccc1.[I-]. The quantitative estimate of drug-likeness (QED) is 0.211. The number of aromatic nitrogens is 1. The number of halogens is 2. The first-order valence-electron chi connectivity index (χ1n) is 11.1. The lowest BCUT2D eigenvalue weighted by Crippen LogP contribution is -3.00. The van der Waals surface area contributed by atoms with E-state index >= 15 is 0 Å². The number of fused-ring (bicyclic) bond motifs is 1. The van der Waals surface area contributed by atoms with Crippen LogP contribution in [0.15, 0.2) is 121 Å². The van der Waals surface area contributed by atoms with Crippen molar-refractivity contribution in [1.29, 1.82) is 0 Å². The number of hydrogen-bond acceptors (Lipinski definition) is 0. The Balaban J connectivity index is 0.00000259. The first-order chi connectivity index (χ1) is 15.8. The Labute approximate surface area is 212 Å². The summed E-state index contributed by atoms with van der Waals surface area (Å²) in [7, 11) is -1.83. The van der Waals surface area contributed by atoms with Gasteiger partial charge < -0.3 is 28.5 Å². The van der Waals surface area contributed by atoms with Gasteiger partial charge in [0.05, 0.1) is 11.7 Å². The van der Waals surface area contributed by atoms with E-state index in [4.69, 9.17) is 0 Å². The van der Waals surface area contributed by atoms with Gasteiger partial charge in [-0.1, -0.05) is 60.7 Å². The molecule has 4 heteroatoms. The molecule has 0 atom stereocenters. The molecule has 0 saturated heterocycles. The standard InChI is InChI=1S/C29H26FNP.HI/c30-28-18-10-19-29-27(28)20-22-31(29)21-11-23-32(24-12-4-1-5-13-24,25-14-6-2-7-15-25)26-16-8-3-9-17-26;/h1-10,12-20,22H,11,21,23H2;1H/q+1;/p-1. The second-order valence-corrected chi connectivity index (χ2v) is 11.7. The van der Waals surface area contributed by atoms with Crippen LogP contribution >= 0.6 is 7.26 Å². The van der Waals surface area contributed by atoms with Gasteiger partial charge in [-0.2, -0.15) is 0 Å². The third-order valence-electron chi connectivity index (χ3n) is 6.24. The van der Waals surface area contributed by atoms with Gasteiger partial charge in [-0.05, 0) is 54.6 Å². The third-order valence-corrected chi connectivity index (χ3v) is 10.8. The predicted octanol–water partition coefficient (Wildman–Crippen LogP) is 3.17. The average molecular weight is 565 g/mol. The fourth-order valence-corrected chi connectivity index (χ4v) is 9.07. The highest BCUT2D eigenvalue weighted by Gasteiger charge is 2.44. The van der Waals surface area contributed by atoms with Crippen LogP contribution in [0.1, 0.15) is 6.42 Å². The van der Waals surface area contributed by atoms with Gasteiger partial charge in [0.25, 0.3) is 0 Å². The zero-order valence-electron chi connectivity index (χ0n) is 18.3. The van der Waals surface area contributed by atoms with E-state index in [2.05, 4.69) is 95.6 Å². The maximum atomic E-state index is 14.2.